The number of fused-ring (bicyclic) bond motifs is 1. The molecule has 1 unspecified atom stereocenters. The summed E-state index contributed by atoms with van der Waals surface area (Å²) in [5.74, 6) is 0.474. The number of rotatable bonds is 1. The Kier molecular flexibility index (Phi) is 2.65. The van der Waals surface area contributed by atoms with E-state index in [-0.39, 0.29) is 11.7 Å². The van der Waals surface area contributed by atoms with Crippen molar-refractivity contribution in [3.8, 4) is 5.75 Å². The molecule has 0 spiro atoms. The van der Waals surface area contributed by atoms with Gasteiger partial charge in [-0.15, -0.1) is 0 Å². The van der Waals surface area contributed by atoms with Crippen LogP contribution < -0.4 is 0 Å². The molecule has 0 heterocycles. The predicted molar refractivity (Wildman–Crippen MR) is 62.9 cm³/mol. The lowest BCUT2D eigenvalue weighted by Gasteiger charge is -2.22. The minimum Gasteiger partial charge on any atom is -0.508 e. The van der Waals surface area contributed by atoms with Gasteiger partial charge in [0, 0.05) is 10.1 Å². The Morgan fingerprint density at radius 3 is 2.93 bits per heavy atom. The molecule has 78 valence electrons. The third-order valence-electron chi connectivity index (χ3n) is 2.76. The van der Waals surface area contributed by atoms with Gasteiger partial charge in [-0.2, -0.15) is 0 Å². The maximum atomic E-state index is 10.9. The number of phenols is 1. The molecule has 3 heteroatoms. The van der Waals surface area contributed by atoms with Crippen molar-refractivity contribution < 1.29 is 9.90 Å². The molecule has 0 amide bonds. The molecule has 0 radical (unpaired) electrons. The van der Waals surface area contributed by atoms with Crippen molar-refractivity contribution in [1.29, 1.82) is 0 Å². The summed E-state index contributed by atoms with van der Waals surface area (Å²) in [6.07, 6.45) is 1.71. The summed E-state index contributed by atoms with van der Waals surface area (Å²) in [5, 5.41) is 9.38. The van der Waals surface area contributed by atoms with Crippen molar-refractivity contribution in [2.45, 2.75) is 13.3 Å². The normalized spacial score (nSPS) is 20.0. The monoisotopic (exact) mass is 266 g/mol. The van der Waals surface area contributed by atoms with E-state index in [9.17, 15) is 9.90 Å². The minimum absolute atomic E-state index is 0.200. The number of aldehydes is 1. The Labute approximate surface area is 96.7 Å². The van der Waals surface area contributed by atoms with Gasteiger partial charge in [-0.1, -0.05) is 6.92 Å². The molecule has 15 heavy (non-hydrogen) atoms. The quantitative estimate of drug-likeness (QED) is 0.794. The van der Waals surface area contributed by atoms with Gasteiger partial charge < -0.3 is 5.11 Å². The van der Waals surface area contributed by atoms with Gasteiger partial charge in [0.25, 0.3) is 0 Å². The van der Waals surface area contributed by atoms with Crippen molar-refractivity contribution in [3.63, 3.8) is 0 Å². The Hall–Kier alpha value is -1.09. The van der Waals surface area contributed by atoms with Gasteiger partial charge in [-0.3, -0.25) is 4.79 Å². The highest BCUT2D eigenvalue weighted by molar-refractivity contribution is 9.15. The standard InChI is InChI=1S/C12H11BrO2/c1-7-4-8-5-9(15)2-3-10(8)12(13)11(7)6-14/h2-3,5-7,15H,4H2,1H3. The third kappa shape index (κ3) is 1.72. The first-order valence-corrected chi connectivity index (χ1v) is 5.60. The molecular formula is C12H11BrO2. The molecule has 0 saturated heterocycles. The number of hydrogen-bond donors (Lipinski definition) is 1. The summed E-state index contributed by atoms with van der Waals surface area (Å²) in [6.45, 7) is 2.01. The molecule has 2 rings (SSSR count). The second kappa shape index (κ2) is 3.81. The van der Waals surface area contributed by atoms with Crippen LogP contribution in [0.4, 0.5) is 0 Å². The van der Waals surface area contributed by atoms with Gasteiger partial charge in [0.05, 0.1) is 0 Å². The van der Waals surface area contributed by atoms with Gasteiger partial charge in [0.1, 0.15) is 12.0 Å². The number of carbonyl (C=O) groups is 1. The van der Waals surface area contributed by atoms with E-state index in [2.05, 4.69) is 15.9 Å². The average molecular weight is 267 g/mol. The van der Waals surface area contributed by atoms with Gasteiger partial charge in [-0.05, 0) is 57.6 Å². The summed E-state index contributed by atoms with van der Waals surface area (Å²) in [4.78, 5) is 10.9. The van der Waals surface area contributed by atoms with E-state index in [1.807, 2.05) is 13.0 Å². The molecule has 1 aromatic rings. The Bertz CT molecular complexity index is 449. The zero-order valence-corrected chi connectivity index (χ0v) is 9.91. The van der Waals surface area contributed by atoms with Crippen LogP contribution in [-0.2, 0) is 11.2 Å². The maximum Gasteiger partial charge on any atom is 0.147 e. The van der Waals surface area contributed by atoms with E-state index in [0.29, 0.717) is 0 Å². The van der Waals surface area contributed by atoms with Crippen LogP contribution in [0.1, 0.15) is 18.1 Å². The molecule has 2 nitrogen and oxygen atoms in total. The van der Waals surface area contributed by atoms with E-state index in [1.54, 1.807) is 12.1 Å². The predicted octanol–water partition coefficient (Wildman–Crippen LogP) is 2.89. The van der Waals surface area contributed by atoms with Crippen LogP contribution in [0.3, 0.4) is 0 Å². The Balaban J connectivity index is 2.61. The van der Waals surface area contributed by atoms with Gasteiger partial charge in [0.2, 0.25) is 0 Å². The topological polar surface area (TPSA) is 37.3 Å². The van der Waals surface area contributed by atoms with Crippen LogP contribution in [0.25, 0.3) is 4.48 Å². The van der Waals surface area contributed by atoms with E-state index in [1.165, 1.54) is 0 Å². The third-order valence-corrected chi connectivity index (χ3v) is 3.65. The Morgan fingerprint density at radius 2 is 2.27 bits per heavy atom. The maximum absolute atomic E-state index is 10.9. The SMILES string of the molecule is CC1Cc2cc(O)ccc2C(Br)=C1C=O. The van der Waals surface area contributed by atoms with Crippen LogP contribution in [0.15, 0.2) is 23.8 Å². The molecule has 1 atom stereocenters. The molecule has 1 aromatic carbocycles. The second-order valence-corrected chi connectivity index (χ2v) is 4.63. The first-order chi connectivity index (χ1) is 7.13. The number of phenolic OH excluding ortho intramolecular Hbond substituents is 1. The largest absolute Gasteiger partial charge is 0.508 e. The molecule has 1 N–H and O–H groups in total. The van der Waals surface area contributed by atoms with Crippen molar-refractivity contribution in [1.82, 2.24) is 0 Å². The molecule has 0 aromatic heterocycles. The van der Waals surface area contributed by atoms with Crippen LogP contribution in [0, 0.1) is 5.92 Å². The summed E-state index contributed by atoms with van der Waals surface area (Å²) >= 11 is 3.45. The highest BCUT2D eigenvalue weighted by Gasteiger charge is 2.22. The molecule has 1 aliphatic rings. The van der Waals surface area contributed by atoms with Crippen molar-refractivity contribution in [3.05, 3.63) is 34.9 Å². The lowest BCUT2D eigenvalue weighted by molar-refractivity contribution is -0.105. The summed E-state index contributed by atoms with van der Waals surface area (Å²) < 4.78 is 0.853. The van der Waals surface area contributed by atoms with Crippen LogP contribution in [-0.4, -0.2) is 11.4 Å². The summed E-state index contributed by atoms with van der Waals surface area (Å²) in [7, 11) is 0. The number of hydrogen-bond acceptors (Lipinski definition) is 2. The lowest BCUT2D eigenvalue weighted by atomic mass is 9.85. The number of benzene rings is 1. The van der Waals surface area contributed by atoms with E-state index in [0.717, 1.165) is 33.9 Å². The van der Waals surface area contributed by atoms with E-state index < -0.39 is 0 Å². The van der Waals surface area contributed by atoms with Crippen molar-refractivity contribution in [2.24, 2.45) is 5.92 Å². The van der Waals surface area contributed by atoms with Crippen LogP contribution in [0.2, 0.25) is 0 Å². The molecule has 0 fully saturated rings. The van der Waals surface area contributed by atoms with Crippen molar-refractivity contribution >= 4 is 26.7 Å². The second-order valence-electron chi connectivity index (χ2n) is 3.83. The van der Waals surface area contributed by atoms with E-state index >= 15 is 0 Å². The van der Waals surface area contributed by atoms with Gasteiger partial charge in [0.15, 0.2) is 0 Å². The van der Waals surface area contributed by atoms with Crippen LogP contribution >= 0.6 is 15.9 Å². The fourth-order valence-electron chi connectivity index (χ4n) is 1.94. The zero-order chi connectivity index (χ0) is 11.0. The number of carbonyl (C=O) groups excluding carboxylic acids is 1. The first kappa shape index (κ1) is 10.4. The van der Waals surface area contributed by atoms with Crippen molar-refractivity contribution in [2.75, 3.05) is 0 Å². The van der Waals surface area contributed by atoms with Gasteiger partial charge in [-0.25, -0.2) is 0 Å². The fraction of sp³-hybridized carbons (Fsp3) is 0.250. The smallest absolute Gasteiger partial charge is 0.147 e. The summed E-state index contributed by atoms with van der Waals surface area (Å²) in [6, 6.07) is 5.23. The number of halogens is 1. The minimum atomic E-state index is 0.200. The molecular weight excluding hydrogens is 256 g/mol. The number of allylic oxidation sites excluding steroid dienone is 1. The average Bonchev–Trinajstić information content (AvgIpc) is 2.17. The lowest BCUT2D eigenvalue weighted by Crippen LogP contribution is -2.12. The summed E-state index contributed by atoms with van der Waals surface area (Å²) in [5.41, 5.74) is 2.89. The Morgan fingerprint density at radius 1 is 1.53 bits per heavy atom. The number of aromatic hydroxyl groups is 1. The fourth-order valence-corrected chi connectivity index (χ4v) is 2.81. The highest BCUT2D eigenvalue weighted by Crippen LogP contribution is 2.38. The molecule has 1 aliphatic carbocycles. The van der Waals surface area contributed by atoms with Crippen LogP contribution in [0.5, 0.6) is 5.75 Å². The highest BCUT2D eigenvalue weighted by atomic mass is 79.9. The molecule has 0 bridgehead atoms. The molecule has 0 aliphatic heterocycles. The zero-order valence-electron chi connectivity index (χ0n) is 8.33. The van der Waals surface area contributed by atoms with E-state index in [4.69, 9.17) is 0 Å². The van der Waals surface area contributed by atoms with Gasteiger partial charge >= 0.3 is 0 Å². The molecule has 0 saturated carbocycles. The first-order valence-electron chi connectivity index (χ1n) is 4.80.